The molecule has 1 saturated heterocycles. The molecule has 35 heavy (non-hydrogen) atoms. The molecule has 5 rings (SSSR count). The molecule has 1 fully saturated rings. The number of anilines is 1. The average molecular weight is 480 g/mol. The van der Waals surface area contributed by atoms with Crippen LogP contribution >= 0.6 is 0 Å². The van der Waals surface area contributed by atoms with Crippen molar-refractivity contribution in [3.63, 3.8) is 0 Å². The van der Waals surface area contributed by atoms with Crippen LogP contribution in [0.5, 0.6) is 0 Å². The fraction of sp³-hybridized carbons (Fsp3) is 0.440. The minimum absolute atomic E-state index is 0.0550. The second kappa shape index (κ2) is 10.1. The number of aromatic amines is 1. The highest BCUT2D eigenvalue weighted by atomic mass is 19.1. The first-order chi connectivity index (χ1) is 17.0. The second-order valence-electron chi connectivity index (χ2n) is 9.57. The molecule has 2 aliphatic heterocycles. The zero-order valence-electron chi connectivity index (χ0n) is 20.0. The normalized spacial score (nSPS) is 17.7. The molecule has 2 aliphatic rings. The number of benzene rings is 1. The first-order valence-corrected chi connectivity index (χ1v) is 11.9. The van der Waals surface area contributed by atoms with Gasteiger partial charge in [-0.25, -0.2) is 19.3 Å². The lowest BCUT2D eigenvalue weighted by atomic mass is 9.96. The van der Waals surface area contributed by atoms with E-state index in [1.54, 1.807) is 18.3 Å². The molecule has 9 nitrogen and oxygen atoms in total. The Morgan fingerprint density at radius 1 is 1.14 bits per heavy atom. The molecule has 0 unspecified atom stereocenters. The van der Waals surface area contributed by atoms with Gasteiger partial charge in [0.15, 0.2) is 5.82 Å². The van der Waals surface area contributed by atoms with E-state index < -0.39 is 6.29 Å². The number of nitrogens with zero attached hydrogens (tertiary/aromatic N) is 5. The van der Waals surface area contributed by atoms with Crippen molar-refractivity contribution in [3.8, 4) is 22.6 Å². The number of halogens is 1. The van der Waals surface area contributed by atoms with Gasteiger partial charge in [0, 0.05) is 36.8 Å². The van der Waals surface area contributed by atoms with Crippen LogP contribution in [0.25, 0.3) is 22.6 Å². The maximum absolute atomic E-state index is 13.6. The molecule has 3 aromatic rings. The third-order valence-electron chi connectivity index (χ3n) is 5.89. The van der Waals surface area contributed by atoms with Crippen LogP contribution < -0.4 is 5.32 Å². The van der Waals surface area contributed by atoms with E-state index >= 15 is 0 Å². The minimum Gasteiger partial charge on any atom is -0.361 e. The first-order valence-electron chi connectivity index (χ1n) is 11.9. The summed E-state index contributed by atoms with van der Waals surface area (Å²) in [6.07, 6.45) is 3.96. The molecule has 0 aliphatic carbocycles. The first kappa shape index (κ1) is 23.4. The molecule has 4 heterocycles. The Balaban J connectivity index is 1.37. The highest BCUT2D eigenvalue weighted by Gasteiger charge is 2.32. The Hall–Kier alpha value is -3.37. The summed E-state index contributed by atoms with van der Waals surface area (Å²) in [6, 6.07) is 8.06. The Kier molecular flexibility index (Phi) is 6.74. The van der Waals surface area contributed by atoms with Crippen molar-refractivity contribution in [2.45, 2.75) is 26.6 Å². The number of hydrogen-bond donors (Lipinski definition) is 2. The van der Waals surface area contributed by atoms with Crippen LogP contribution in [0, 0.1) is 11.2 Å². The summed E-state index contributed by atoms with van der Waals surface area (Å²) in [5.41, 5.74) is 2.72. The van der Waals surface area contributed by atoms with Gasteiger partial charge in [-0.3, -0.25) is 4.99 Å². The Bertz CT molecular complexity index is 1170. The van der Waals surface area contributed by atoms with E-state index in [0.717, 1.165) is 38.2 Å². The maximum Gasteiger partial charge on any atom is 0.223 e. The van der Waals surface area contributed by atoms with Crippen LogP contribution in [0.3, 0.4) is 0 Å². The summed E-state index contributed by atoms with van der Waals surface area (Å²) < 4.78 is 25.5. The predicted octanol–water partition coefficient (Wildman–Crippen LogP) is 3.89. The zero-order valence-corrected chi connectivity index (χ0v) is 20.0. The quantitative estimate of drug-likeness (QED) is 0.473. The summed E-state index contributed by atoms with van der Waals surface area (Å²) in [5.74, 6) is 0.780. The average Bonchev–Trinajstić information content (AvgIpc) is 3.53. The number of aliphatic imine (C=N–C) groups is 1. The van der Waals surface area contributed by atoms with Gasteiger partial charge in [-0.15, -0.1) is 0 Å². The van der Waals surface area contributed by atoms with Crippen LogP contribution in [0.15, 0.2) is 41.5 Å². The maximum atomic E-state index is 13.6. The molecule has 1 aromatic carbocycles. The largest absolute Gasteiger partial charge is 0.361 e. The van der Waals surface area contributed by atoms with Gasteiger partial charge in [0.05, 0.1) is 43.2 Å². The standard InChI is InChI=1S/C25H30FN7O2/c1-25(2)14-34-23(35-15-25)22-31-20(17-4-6-18(26)7-5-17)21(32-22)19-8-10-29-24(30-19)28-9-3-12-33-13-11-27-16-33/h4-8,10,16,23H,3,9,11-15H2,1-2H3,(H,31,32)(H,28,29,30). The summed E-state index contributed by atoms with van der Waals surface area (Å²) in [5, 5.41) is 3.30. The number of imidazole rings is 1. The van der Waals surface area contributed by atoms with Crippen LogP contribution in [0.4, 0.5) is 10.3 Å². The van der Waals surface area contributed by atoms with Crippen molar-refractivity contribution in [3.05, 3.63) is 48.2 Å². The van der Waals surface area contributed by atoms with Crippen LogP contribution in [0.2, 0.25) is 0 Å². The minimum atomic E-state index is -0.607. The molecule has 0 radical (unpaired) electrons. The molecule has 2 aromatic heterocycles. The van der Waals surface area contributed by atoms with Crippen molar-refractivity contribution in [1.29, 1.82) is 0 Å². The fourth-order valence-corrected chi connectivity index (χ4v) is 4.01. The molecule has 0 atom stereocenters. The molecule has 2 N–H and O–H groups in total. The van der Waals surface area contributed by atoms with Gasteiger partial charge in [0.2, 0.25) is 12.2 Å². The lowest BCUT2D eigenvalue weighted by molar-refractivity contribution is -0.229. The van der Waals surface area contributed by atoms with Crippen molar-refractivity contribution < 1.29 is 13.9 Å². The van der Waals surface area contributed by atoms with Gasteiger partial charge in [-0.1, -0.05) is 13.8 Å². The van der Waals surface area contributed by atoms with E-state index in [9.17, 15) is 4.39 Å². The lowest BCUT2D eigenvalue weighted by Gasteiger charge is -2.33. The molecular weight excluding hydrogens is 449 g/mol. The Labute approximate surface area is 203 Å². The number of hydrogen-bond acceptors (Lipinski definition) is 8. The molecular formula is C25H30FN7O2. The van der Waals surface area contributed by atoms with Gasteiger partial charge in [0.25, 0.3) is 0 Å². The summed E-state index contributed by atoms with van der Waals surface area (Å²) in [7, 11) is 0. The number of rotatable bonds is 8. The van der Waals surface area contributed by atoms with E-state index in [4.69, 9.17) is 19.4 Å². The molecule has 0 bridgehead atoms. The number of ether oxygens (including phenoxy) is 2. The van der Waals surface area contributed by atoms with Gasteiger partial charge in [-0.2, -0.15) is 0 Å². The van der Waals surface area contributed by atoms with Crippen molar-refractivity contribution in [2.75, 3.05) is 44.7 Å². The molecule has 0 saturated carbocycles. The summed E-state index contributed by atoms with van der Waals surface area (Å²) in [4.78, 5) is 23.6. The van der Waals surface area contributed by atoms with Gasteiger partial charge < -0.3 is 24.7 Å². The van der Waals surface area contributed by atoms with Crippen molar-refractivity contribution in [2.24, 2.45) is 10.4 Å². The van der Waals surface area contributed by atoms with Crippen molar-refractivity contribution >= 4 is 12.3 Å². The molecule has 184 valence electrons. The Morgan fingerprint density at radius 2 is 1.94 bits per heavy atom. The van der Waals surface area contributed by atoms with Gasteiger partial charge in [0.1, 0.15) is 5.82 Å². The van der Waals surface area contributed by atoms with E-state index in [-0.39, 0.29) is 11.2 Å². The van der Waals surface area contributed by atoms with Crippen LogP contribution in [-0.2, 0) is 9.47 Å². The zero-order chi connectivity index (χ0) is 24.3. The van der Waals surface area contributed by atoms with E-state index in [1.165, 1.54) is 12.1 Å². The molecule has 10 heteroatoms. The lowest BCUT2D eigenvalue weighted by Crippen LogP contribution is -2.34. The van der Waals surface area contributed by atoms with Crippen LogP contribution in [0.1, 0.15) is 32.4 Å². The highest BCUT2D eigenvalue weighted by molar-refractivity contribution is 5.77. The third-order valence-corrected chi connectivity index (χ3v) is 5.89. The van der Waals surface area contributed by atoms with Gasteiger partial charge in [-0.05, 0) is 36.8 Å². The van der Waals surface area contributed by atoms with Gasteiger partial charge >= 0.3 is 0 Å². The topological polar surface area (TPSA) is 101 Å². The number of aromatic nitrogens is 4. The molecule has 0 amide bonds. The fourth-order valence-electron chi connectivity index (χ4n) is 4.01. The molecule has 0 spiro atoms. The van der Waals surface area contributed by atoms with E-state index in [0.29, 0.717) is 42.1 Å². The van der Waals surface area contributed by atoms with Crippen LogP contribution in [-0.4, -0.2) is 70.6 Å². The number of H-pyrrole nitrogens is 1. The number of nitrogens with one attached hydrogen (secondary N) is 2. The second-order valence-corrected chi connectivity index (χ2v) is 9.57. The predicted molar refractivity (Wildman–Crippen MR) is 131 cm³/mol. The third kappa shape index (κ3) is 5.66. The smallest absolute Gasteiger partial charge is 0.223 e. The SMILES string of the molecule is CC1(C)COC(c2nc(-c3ccc(F)cc3)c(-c3ccnc(NCCCN4C=NCC4)n3)[nH]2)OC1. The monoisotopic (exact) mass is 479 g/mol. The highest BCUT2D eigenvalue weighted by Crippen LogP contribution is 2.35. The summed E-state index contributed by atoms with van der Waals surface area (Å²) in [6.45, 7) is 8.83. The Morgan fingerprint density at radius 3 is 2.69 bits per heavy atom. The van der Waals surface area contributed by atoms with E-state index in [2.05, 4.69) is 39.0 Å². The van der Waals surface area contributed by atoms with E-state index in [1.807, 2.05) is 12.4 Å². The van der Waals surface area contributed by atoms with Crippen molar-refractivity contribution in [1.82, 2.24) is 24.8 Å². The summed E-state index contributed by atoms with van der Waals surface area (Å²) >= 11 is 0.